The van der Waals surface area contributed by atoms with Crippen LogP contribution in [0.25, 0.3) is 11.0 Å². The number of amides is 1. The van der Waals surface area contributed by atoms with Crippen LogP contribution in [0.3, 0.4) is 0 Å². The third-order valence-corrected chi connectivity index (χ3v) is 6.80. The highest BCUT2D eigenvalue weighted by Crippen LogP contribution is 2.32. The summed E-state index contributed by atoms with van der Waals surface area (Å²) in [5.74, 6) is 1.64. The molecule has 33 heavy (non-hydrogen) atoms. The summed E-state index contributed by atoms with van der Waals surface area (Å²) < 4.78 is 2.30. The number of imidazole rings is 1. The van der Waals surface area contributed by atoms with E-state index < -0.39 is 0 Å². The zero-order chi connectivity index (χ0) is 22.9. The molecule has 1 amide bonds. The molecular weight excluding hydrogens is 408 g/mol. The normalized spacial score (nSPS) is 17.1. The summed E-state index contributed by atoms with van der Waals surface area (Å²) in [5.41, 5.74) is 5.12. The number of hydrogen-bond donors (Lipinski definition) is 0. The third-order valence-electron chi connectivity index (χ3n) is 6.80. The molecule has 2 atom stereocenters. The number of aromatic nitrogens is 3. The second kappa shape index (κ2) is 8.81. The molecule has 0 saturated carbocycles. The van der Waals surface area contributed by atoms with E-state index in [-0.39, 0.29) is 17.9 Å². The van der Waals surface area contributed by atoms with Gasteiger partial charge in [-0.25, -0.2) is 4.98 Å². The average molecular weight is 439 g/mol. The Morgan fingerprint density at radius 1 is 1.03 bits per heavy atom. The van der Waals surface area contributed by atoms with Gasteiger partial charge in [0.1, 0.15) is 5.82 Å². The van der Waals surface area contributed by atoms with Gasteiger partial charge in [0.2, 0.25) is 0 Å². The maximum atomic E-state index is 13.3. The standard InChI is InChI=1S/C28H30N4O/c1-19(2)32-26-12-11-22(16-25(26)30-27(32)20(3)21-8-5-4-6-9-21)28(33)31-15-13-24(18-31)23-10-7-14-29-17-23/h4-12,14,16-17,19-20,24H,13,15,18H2,1-3H3. The summed E-state index contributed by atoms with van der Waals surface area (Å²) in [6.07, 6.45) is 4.68. The number of carbonyl (C=O) groups excluding carboxylic acids is 1. The molecule has 0 N–H and O–H groups in total. The molecule has 0 spiro atoms. The van der Waals surface area contributed by atoms with Crippen LogP contribution in [0.5, 0.6) is 0 Å². The van der Waals surface area contributed by atoms with Gasteiger partial charge in [-0.15, -0.1) is 0 Å². The molecule has 5 rings (SSSR count). The first-order valence-corrected chi connectivity index (χ1v) is 11.8. The molecule has 1 aliphatic heterocycles. The first-order chi connectivity index (χ1) is 16.0. The lowest BCUT2D eigenvalue weighted by Gasteiger charge is -2.18. The van der Waals surface area contributed by atoms with Crippen molar-refractivity contribution in [1.82, 2.24) is 19.4 Å². The van der Waals surface area contributed by atoms with E-state index in [4.69, 9.17) is 4.98 Å². The highest BCUT2D eigenvalue weighted by Gasteiger charge is 2.29. The van der Waals surface area contributed by atoms with Crippen LogP contribution in [-0.2, 0) is 0 Å². The summed E-state index contributed by atoms with van der Waals surface area (Å²) in [4.78, 5) is 24.6. The van der Waals surface area contributed by atoms with Crippen molar-refractivity contribution in [3.05, 3.63) is 95.6 Å². The van der Waals surface area contributed by atoms with E-state index in [2.05, 4.69) is 66.7 Å². The highest BCUT2D eigenvalue weighted by atomic mass is 16.2. The van der Waals surface area contributed by atoms with E-state index in [1.807, 2.05) is 35.4 Å². The van der Waals surface area contributed by atoms with Crippen molar-refractivity contribution >= 4 is 16.9 Å². The molecule has 4 aromatic rings. The minimum atomic E-state index is 0.0834. The Hall–Kier alpha value is -3.47. The summed E-state index contributed by atoms with van der Waals surface area (Å²) in [5, 5.41) is 0. The topological polar surface area (TPSA) is 51.0 Å². The fourth-order valence-electron chi connectivity index (χ4n) is 5.01. The molecule has 0 aliphatic carbocycles. The smallest absolute Gasteiger partial charge is 0.253 e. The van der Waals surface area contributed by atoms with Gasteiger partial charge in [0.15, 0.2) is 0 Å². The van der Waals surface area contributed by atoms with E-state index in [0.717, 1.165) is 36.4 Å². The van der Waals surface area contributed by atoms with E-state index in [1.54, 1.807) is 6.20 Å². The Morgan fingerprint density at radius 3 is 2.58 bits per heavy atom. The molecule has 3 heterocycles. The number of hydrogen-bond acceptors (Lipinski definition) is 3. The zero-order valence-electron chi connectivity index (χ0n) is 19.5. The predicted octanol–water partition coefficient (Wildman–Crippen LogP) is 5.79. The van der Waals surface area contributed by atoms with Crippen LogP contribution in [-0.4, -0.2) is 38.4 Å². The second-order valence-electron chi connectivity index (χ2n) is 9.29. The van der Waals surface area contributed by atoms with Crippen molar-refractivity contribution in [2.75, 3.05) is 13.1 Å². The molecule has 1 fully saturated rings. The fourth-order valence-corrected chi connectivity index (χ4v) is 5.01. The number of rotatable bonds is 5. The third kappa shape index (κ3) is 4.04. The van der Waals surface area contributed by atoms with Gasteiger partial charge in [-0.05, 0) is 55.7 Å². The molecule has 1 aliphatic rings. The lowest BCUT2D eigenvalue weighted by molar-refractivity contribution is 0.0791. The van der Waals surface area contributed by atoms with E-state index in [0.29, 0.717) is 11.5 Å². The largest absolute Gasteiger partial charge is 0.338 e. The van der Waals surface area contributed by atoms with Crippen LogP contribution < -0.4 is 0 Å². The summed E-state index contributed by atoms with van der Waals surface area (Å²) >= 11 is 0. The maximum Gasteiger partial charge on any atom is 0.253 e. The van der Waals surface area contributed by atoms with Crippen LogP contribution in [0.4, 0.5) is 0 Å². The summed E-state index contributed by atoms with van der Waals surface area (Å²) in [6.45, 7) is 8.07. The minimum absolute atomic E-state index is 0.0834. The molecule has 168 valence electrons. The Balaban J connectivity index is 1.44. The zero-order valence-corrected chi connectivity index (χ0v) is 19.5. The number of fused-ring (bicyclic) bond motifs is 1. The Morgan fingerprint density at radius 2 is 1.85 bits per heavy atom. The van der Waals surface area contributed by atoms with Crippen LogP contribution in [0.1, 0.15) is 72.4 Å². The quantitative estimate of drug-likeness (QED) is 0.396. The molecule has 2 aromatic carbocycles. The van der Waals surface area contributed by atoms with Gasteiger partial charge in [-0.3, -0.25) is 9.78 Å². The molecule has 1 saturated heterocycles. The maximum absolute atomic E-state index is 13.3. The van der Waals surface area contributed by atoms with E-state index >= 15 is 0 Å². The van der Waals surface area contributed by atoms with Crippen LogP contribution in [0.2, 0.25) is 0 Å². The Labute approximate surface area is 195 Å². The first-order valence-electron chi connectivity index (χ1n) is 11.8. The lowest BCUT2D eigenvalue weighted by Crippen LogP contribution is -2.28. The van der Waals surface area contributed by atoms with Gasteiger partial charge >= 0.3 is 0 Å². The number of benzene rings is 2. The minimum Gasteiger partial charge on any atom is -0.338 e. The van der Waals surface area contributed by atoms with Crippen molar-refractivity contribution < 1.29 is 4.79 Å². The molecule has 2 aromatic heterocycles. The monoisotopic (exact) mass is 438 g/mol. The van der Waals surface area contributed by atoms with Crippen LogP contribution in [0, 0.1) is 0 Å². The van der Waals surface area contributed by atoms with Crippen LogP contribution >= 0.6 is 0 Å². The van der Waals surface area contributed by atoms with Crippen molar-refractivity contribution in [2.24, 2.45) is 0 Å². The molecule has 0 radical (unpaired) electrons. The van der Waals surface area contributed by atoms with Crippen molar-refractivity contribution in [3.63, 3.8) is 0 Å². The SMILES string of the molecule is CC(c1ccccc1)c1nc2cc(C(=O)N3CCC(c4cccnc4)C3)ccc2n1C(C)C. The summed E-state index contributed by atoms with van der Waals surface area (Å²) in [7, 11) is 0. The fraction of sp³-hybridized carbons (Fsp3) is 0.321. The van der Waals surface area contributed by atoms with E-state index in [1.165, 1.54) is 11.1 Å². The average Bonchev–Trinajstić information content (AvgIpc) is 3.49. The summed E-state index contributed by atoms with van der Waals surface area (Å²) in [6, 6.07) is 20.8. The number of nitrogens with zero attached hydrogens (tertiary/aromatic N) is 4. The molecule has 2 unspecified atom stereocenters. The number of carbonyl (C=O) groups is 1. The first kappa shape index (κ1) is 21.4. The Bertz CT molecular complexity index is 1260. The van der Waals surface area contributed by atoms with E-state index in [9.17, 15) is 4.79 Å². The van der Waals surface area contributed by atoms with Gasteiger partial charge in [-0.1, -0.05) is 43.3 Å². The second-order valence-corrected chi connectivity index (χ2v) is 9.29. The van der Waals surface area contributed by atoms with Crippen molar-refractivity contribution in [3.8, 4) is 0 Å². The van der Waals surface area contributed by atoms with Gasteiger partial charge < -0.3 is 9.47 Å². The highest BCUT2D eigenvalue weighted by molar-refractivity contribution is 5.97. The van der Waals surface area contributed by atoms with Gasteiger partial charge in [-0.2, -0.15) is 0 Å². The molecule has 5 nitrogen and oxygen atoms in total. The van der Waals surface area contributed by atoms with Gasteiger partial charge in [0, 0.05) is 48.9 Å². The van der Waals surface area contributed by atoms with Crippen molar-refractivity contribution in [1.29, 1.82) is 0 Å². The van der Waals surface area contributed by atoms with Crippen LogP contribution in [0.15, 0.2) is 73.1 Å². The molecule has 5 heteroatoms. The number of pyridine rings is 1. The Kier molecular flexibility index (Phi) is 5.71. The van der Waals surface area contributed by atoms with Gasteiger partial charge in [0.25, 0.3) is 5.91 Å². The molecule has 0 bridgehead atoms. The lowest BCUT2D eigenvalue weighted by atomic mass is 10.0. The van der Waals surface area contributed by atoms with Gasteiger partial charge in [0.05, 0.1) is 11.0 Å². The molecular formula is C28H30N4O. The number of likely N-dealkylation sites (tertiary alicyclic amines) is 1. The van der Waals surface area contributed by atoms with Crippen molar-refractivity contribution in [2.45, 2.75) is 45.1 Å². The predicted molar refractivity (Wildman–Crippen MR) is 132 cm³/mol.